The molecule has 1 aliphatic rings. The average molecular weight is 464 g/mol. The molecule has 0 saturated carbocycles. The van der Waals surface area contributed by atoms with Gasteiger partial charge in [-0.25, -0.2) is 17.7 Å². The molecule has 1 aromatic carbocycles. The molecule has 1 saturated heterocycles. The third-order valence-corrected chi connectivity index (χ3v) is 7.78. The second-order valence-electron chi connectivity index (χ2n) is 8.71. The van der Waals surface area contributed by atoms with Gasteiger partial charge in [0.1, 0.15) is 5.82 Å². The topological polar surface area (TPSA) is 105 Å². The number of nitrogens with one attached hydrogen (secondary N) is 1. The van der Waals surface area contributed by atoms with Crippen molar-refractivity contribution >= 4 is 32.9 Å². The van der Waals surface area contributed by atoms with Crippen LogP contribution in [0, 0.1) is 5.92 Å². The standard InChI is InChI=1S/C22H33N5O4S/c1-16-6-5-13-27(15-16)22(29)11-12-23-21(28)10-9-20-24-18-14-17(32(30,31)25(2)3)7-8-19(18)26(20)4/h7-8,14,16H,5-6,9-13,15H2,1-4H3,(H,23,28). The van der Waals surface area contributed by atoms with Gasteiger partial charge in [-0.1, -0.05) is 6.92 Å². The number of hydrogen-bond donors (Lipinski definition) is 1. The zero-order valence-electron chi connectivity index (χ0n) is 19.3. The molecule has 176 valence electrons. The lowest BCUT2D eigenvalue weighted by Gasteiger charge is -2.31. The third kappa shape index (κ3) is 5.47. The van der Waals surface area contributed by atoms with E-state index in [1.54, 1.807) is 18.2 Å². The van der Waals surface area contributed by atoms with Crippen LogP contribution in [-0.4, -0.2) is 72.7 Å². The molecule has 0 bridgehead atoms. The molecule has 1 atom stereocenters. The largest absolute Gasteiger partial charge is 0.356 e. The van der Waals surface area contributed by atoms with E-state index in [1.807, 2.05) is 16.5 Å². The Morgan fingerprint density at radius 2 is 2.00 bits per heavy atom. The normalized spacial score (nSPS) is 17.2. The number of fused-ring (bicyclic) bond motifs is 1. The summed E-state index contributed by atoms with van der Waals surface area (Å²) >= 11 is 0. The van der Waals surface area contributed by atoms with Crippen molar-refractivity contribution in [3.63, 3.8) is 0 Å². The van der Waals surface area contributed by atoms with Gasteiger partial charge in [-0.15, -0.1) is 0 Å². The lowest BCUT2D eigenvalue weighted by atomic mass is 10.00. The number of imidazole rings is 1. The van der Waals surface area contributed by atoms with Crippen LogP contribution in [0.1, 0.15) is 38.4 Å². The summed E-state index contributed by atoms with van der Waals surface area (Å²) < 4.78 is 27.8. The van der Waals surface area contributed by atoms with E-state index in [2.05, 4.69) is 17.2 Å². The Hall–Kier alpha value is -2.46. The number of piperidine rings is 1. The Balaban J connectivity index is 1.53. The summed E-state index contributed by atoms with van der Waals surface area (Å²) in [4.78, 5) is 31.2. The van der Waals surface area contributed by atoms with E-state index in [1.165, 1.54) is 18.4 Å². The van der Waals surface area contributed by atoms with E-state index >= 15 is 0 Å². The number of sulfonamides is 1. The Morgan fingerprint density at radius 3 is 2.69 bits per heavy atom. The predicted molar refractivity (Wildman–Crippen MR) is 123 cm³/mol. The van der Waals surface area contributed by atoms with Gasteiger partial charge in [0.15, 0.2) is 0 Å². The number of carbonyl (C=O) groups is 2. The van der Waals surface area contributed by atoms with Gasteiger partial charge in [0, 0.05) is 60.0 Å². The van der Waals surface area contributed by atoms with Crippen molar-refractivity contribution in [2.24, 2.45) is 13.0 Å². The van der Waals surface area contributed by atoms with Gasteiger partial charge in [-0.3, -0.25) is 9.59 Å². The molecule has 1 unspecified atom stereocenters. The minimum Gasteiger partial charge on any atom is -0.356 e. The maximum atomic E-state index is 12.4. The van der Waals surface area contributed by atoms with Crippen LogP contribution < -0.4 is 5.32 Å². The highest BCUT2D eigenvalue weighted by molar-refractivity contribution is 7.89. The number of aromatic nitrogens is 2. The number of nitrogens with zero attached hydrogens (tertiary/aromatic N) is 4. The van der Waals surface area contributed by atoms with E-state index in [0.717, 1.165) is 31.4 Å². The number of amides is 2. The molecular weight excluding hydrogens is 430 g/mol. The second kappa shape index (κ2) is 9.99. The zero-order chi connectivity index (χ0) is 23.5. The summed E-state index contributed by atoms with van der Waals surface area (Å²) in [6, 6.07) is 4.85. The third-order valence-electron chi connectivity index (χ3n) is 5.97. The molecule has 1 aromatic heterocycles. The molecule has 9 nitrogen and oxygen atoms in total. The zero-order valence-corrected chi connectivity index (χ0v) is 20.1. The molecule has 0 spiro atoms. The van der Waals surface area contributed by atoms with Crippen LogP contribution >= 0.6 is 0 Å². The van der Waals surface area contributed by atoms with Gasteiger partial charge < -0.3 is 14.8 Å². The molecule has 2 aromatic rings. The summed E-state index contributed by atoms with van der Waals surface area (Å²) in [6.45, 7) is 4.10. The van der Waals surface area contributed by atoms with Crippen LogP contribution in [0.2, 0.25) is 0 Å². The maximum absolute atomic E-state index is 12.4. The fourth-order valence-corrected chi connectivity index (χ4v) is 4.94. The van der Waals surface area contributed by atoms with Crippen LogP contribution in [0.15, 0.2) is 23.1 Å². The summed E-state index contributed by atoms with van der Waals surface area (Å²) in [6.07, 6.45) is 3.18. The Kier molecular flexibility index (Phi) is 7.55. The monoisotopic (exact) mass is 463 g/mol. The fourth-order valence-electron chi connectivity index (χ4n) is 4.02. The molecule has 1 aliphatic heterocycles. The maximum Gasteiger partial charge on any atom is 0.242 e. The molecule has 3 rings (SSSR count). The van der Waals surface area contributed by atoms with Gasteiger partial charge in [-0.05, 0) is 37.0 Å². The first kappa shape index (κ1) is 24.2. The van der Waals surface area contributed by atoms with Crippen molar-refractivity contribution in [2.45, 2.75) is 43.9 Å². The number of benzene rings is 1. The first-order valence-corrected chi connectivity index (χ1v) is 12.5. The van der Waals surface area contributed by atoms with Gasteiger partial charge >= 0.3 is 0 Å². The van der Waals surface area contributed by atoms with Crippen LogP contribution in [0.25, 0.3) is 11.0 Å². The fraction of sp³-hybridized carbons (Fsp3) is 0.591. The lowest BCUT2D eigenvalue weighted by molar-refractivity contribution is -0.132. The van der Waals surface area contributed by atoms with E-state index in [-0.39, 0.29) is 23.1 Å². The van der Waals surface area contributed by atoms with E-state index in [9.17, 15) is 18.0 Å². The summed E-state index contributed by atoms with van der Waals surface area (Å²) in [5.41, 5.74) is 1.38. The molecule has 32 heavy (non-hydrogen) atoms. The van der Waals surface area contributed by atoms with Crippen LogP contribution in [0.5, 0.6) is 0 Å². The average Bonchev–Trinajstić information content (AvgIpc) is 3.07. The summed E-state index contributed by atoms with van der Waals surface area (Å²) in [5.74, 6) is 1.20. The first-order chi connectivity index (χ1) is 15.1. The number of carbonyl (C=O) groups excluding carboxylic acids is 2. The quantitative estimate of drug-likeness (QED) is 0.639. The highest BCUT2D eigenvalue weighted by Gasteiger charge is 2.21. The first-order valence-electron chi connectivity index (χ1n) is 11.0. The molecule has 0 radical (unpaired) electrons. The number of hydrogen-bond acceptors (Lipinski definition) is 5. The smallest absolute Gasteiger partial charge is 0.242 e. The predicted octanol–water partition coefficient (Wildman–Crippen LogP) is 1.52. The van der Waals surface area contributed by atoms with Crippen molar-refractivity contribution in [1.29, 1.82) is 0 Å². The minimum atomic E-state index is -3.54. The molecule has 1 fully saturated rings. The highest BCUT2D eigenvalue weighted by atomic mass is 32.2. The van der Waals surface area contributed by atoms with Crippen molar-refractivity contribution in [2.75, 3.05) is 33.7 Å². The van der Waals surface area contributed by atoms with E-state index < -0.39 is 10.0 Å². The number of aryl methyl sites for hydroxylation is 2. The van der Waals surface area contributed by atoms with Crippen molar-refractivity contribution in [1.82, 2.24) is 24.1 Å². The van der Waals surface area contributed by atoms with Crippen molar-refractivity contribution in [3.05, 3.63) is 24.0 Å². The van der Waals surface area contributed by atoms with Gasteiger partial charge in [-0.2, -0.15) is 0 Å². The molecule has 2 heterocycles. The molecule has 0 aliphatic carbocycles. The Morgan fingerprint density at radius 1 is 1.25 bits per heavy atom. The van der Waals surface area contributed by atoms with Crippen LogP contribution in [0.3, 0.4) is 0 Å². The lowest BCUT2D eigenvalue weighted by Crippen LogP contribution is -2.40. The molecular formula is C22H33N5O4S. The highest BCUT2D eigenvalue weighted by Crippen LogP contribution is 2.22. The molecule has 2 amide bonds. The SMILES string of the molecule is CC1CCCN(C(=O)CCNC(=O)CCc2nc3cc(S(=O)(=O)N(C)C)ccc3n2C)C1. The molecule has 1 N–H and O–H groups in total. The van der Waals surface area contributed by atoms with E-state index in [0.29, 0.717) is 36.6 Å². The Bertz CT molecular complexity index is 1090. The number of rotatable bonds is 8. The van der Waals surface area contributed by atoms with Gasteiger partial charge in [0.05, 0.1) is 15.9 Å². The van der Waals surface area contributed by atoms with Gasteiger partial charge in [0.2, 0.25) is 21.8 Å². The molecule has 10 heteroatoms. The van der Waals surface area contributed by atoms with E-state index in [4.69, 9.17) is 0 Å². The number of likely N-dealkylation sites (tertiary alicyclic amines) is 1. The second-order valence-corrected chi connectivity index (χ2v) is 10.9. The summed E-state index contributed by atoms with van der Waals surface area (Å²) in [7, 11) is 1.29. The van der Waals surface area contributed by atoms with Gasteiger partial charge in [0.25, 0.3) is 0 Å². The summed E-state index contributed by atoms with van der Waals surface area (Å²) in [5, 5.41) is 2.82. The Labute approximate surface area is 189 Å². The van der Waals surface area contributed by atoms with Crippen LogP contribution in [-0.2, 0) is 33.1 Å². The minimum absolute atomic E-state index is 0.0932. The van der Waals surface area contributed by atoms with Crippen molar-refractivity contribution < 1.29 is 18.0 Å². The van der Waals surface area contributed by atoms with Crippen molar-refractivity contribution in [3.8, 4) is 0 Å². The van der Waals surface area contributed by atoms with Crippen LogP contribution in [0.4, 0.5) is 0 Å².